The molecule has 0 radical (unpaired) electrons. The van der Waals surface area contributed by atoms with Gasteiger partial charge in [-0.3, -0.25) is 4.79 Å². The van der Waals surface area contributed by atoms with Crippen LogP contribution in [-0.4, -0.2) is 55.6 Å². The third-order valence-corrected chi connectivity index (χ3v) is 6.25. The Balaban J connectivity index is 1.38. The number of Topliss-reactive ketones (excluding diaryl/α,β-unsaturated/α-hetero) is 1. The number of carbonyl (C=O) groups excluding carboxylic acids is 1. The van der Waals surface area contributed by atoms with Crippen molar-refractivity contribution < 1.29 is 28.8 Å². The molecule has 31 heavy (non-hydrogen) atoms. The van der Waals surface area contributed by atoms with Crippen molar-refractivity contribution in [1.82, 2.24) is 0 Å². The molecule has 6 heteroatoms. The van der Waals surface area contributed by atoms with Crippen LogP contribution in [0, 0.1) is 5.92 Å². The number of benzene rings is 1. The van der Waals surface area contributed by atoms with Crippen LogP contribution < -0.4 is 4.74 Å². The van der Waals surface area contributed by atoms with Crippen molar-refractivity contribution >= 4 is 5.78 Å². The van der Waals surface area contributed by atoms with Gasteiger partial charge in [0.15, 0.2) is 0 Å². The van der Waals surface area contributed by atoms with Gasteiger partial charge >= 0.3 is 0 Å². The number of aliphatic hydroxyl groups is 1. The molecule has 0 amide bonds. The topological polar surface area (TPSA) is 74.2 Å². The van der Waals surface area contributed by atoms with E-state index in [1.807, 2.05) is 24.3 Å². The largest absolute Gasteiger partial charge is 0.497 e. The van der Waals surface area contributed by atoms with Gasteiger partial charge in [-0.25, -0.2) is 0 Å². The number of ketones is 1. The molecule has 1 aromatic rings. The molecule has 2 aliphatic heterocycles. The average molecular weight is 435 g/mol. The molecule has 0 aliphatic carbocycles. The first-order valence-electron chi connectivity index (χ1n) is 11.7. The highest BCUT2D eigenvalue weighted by Gasteiger charge is 2.32. The first kappa shape index (κ1) is 24.2. The molecule has 0 unspecified atom stereocenters. The van der Waals surface area contributed by atoms with Crippen molar-refractivity contribution in [2.75, 3.05) is 20.3 Å². The van der Waals surface area contributed by atoms with E-state index < -0.39 is 0 Å². The Morgan fingerprint density at radius 2 is 1.77 bits per heavy atom. The fourth-order valence-electron chi connectivity index (χ4n) is 4.54. The predicted octanol–water partition coefficient (Wildman–Crippen LogP) is 4.06. The highest BCUT2D eigenvalue weighted by atomic mass is 16.5. The number of rotatable bonds is 11. The molecule has 2 aliphatic rings. The summed E-state index contributed by atoms with van der Waals surface area (Å²) in [6.45, 7) is 3.36. The summed E-state index contributed by atoms with van der Waals surface area (Å²) in [6, 6.07) is 7.84. The van der Waals surface area contributed by atoms with Crippen LogP contribution in [0.1, 0.15) is 63.9 Å². The molecule has 1 N–H and O–H groups in total. The van der Waals surface area contributed by atoms with E-state index in [1.54, 1.807) is 7.11 Å². The SMILES string of the molecule is COc1ccc(COCC[C@@H]2CC(=O)C[C@H](C[C@@H]3CCC[C@H](C[C@@H](C)CO)O3)O2)cc1. The maximum atomic E-state index is 12.3. The highest BCUT2D eigenvalue weighted by Crippen LogP contribution is 2.30. The number of carbonyl (C=O) groups is 1. The van der Waals surface area contributed by atoms with Crippen LogP contribution in [0.25, 0.3) is 0 Å². The summed E-state index contributed by atoms with van der Waals surface area (Å²) in [5, 5.41) is 9.30. The quantitative estimate of drug-likeness (QED) is 0.530. The van der Waals surface area contributed by atoms with E-state index in [9.17, 15) is 9.90 Å². The van der Waals surface area contributed by atoms with Crippen LogP contribution in [0.3, 0.4) is 0 Å². The van der Waals surface area contributed by atoms with Crippen molar-refractivity contribution in [3.8, 4) is 5.75 Å². The van der Waals surface area contributed by atoms with Gasteiger partial charge in [0.2, 0.25) is 0 Å². The fourth-order valence-corrected chi connectivity index (χ4v) is 4.54. The lowest BCUT2D eigenvalue weighted by Gasteiger charge is -2.36. The maximum Gasteiger partial charge on any atom is 0.138 e. The van der Waals surface area contributed by atoms with Gasteiger partial charge in [0.1, 0.15) is 11.5 Å². The monoisotopic (exact) mass is 434 g/mol. The molecule has 0 spiro atoms. The van der Waals surface area contributed by atoms with Crippen molar-refractivity contribution in [2.24, 2.45) is 5.92 Å². The summed E-state index contributed by atoms with van der Waals surface area (Å²) >= 11 is 0. The zero-order valence-electron chi connectivity index (χ0n) is 19.0. The molecule has 5 atom stereocenters. The second kappa shape index (κ2) is 12.5. The smallest absolute Gasteiger partial charge is 0.138 e. The van der Waals surface area contributed by atoms with Crippen LogP contribution >= 0.6 is 0 Å². The highest BCUT2D eigenvalue weighted by molar-refractivity contribution is 5.80. The molecular weight excluding hydrogens is 396 g/mol. The Labute approximate surface area is 186 Å². The molecule has 0 aromatic heterocycles. The summed E-state index contributed by atoms with van der Waals surface area (Å²) in [5.41, 5.74) is 1.10. The zero-order chi connectivity index (χ0) is 22.1. The van der Waals surface area contributed by atoms with E-state index in [1.165, 1.54) is 0 Å². The van der Waals surface area contributed by atoms with Crippen LogP contribution in [0.5, 0.6) is 5.75 Å². The van der Waals surface area contributed by atoms with Gasteiger partial charge < -0.3 is 24.1 Å². The first-order valence-corrected chi connectivity index (χ1v) is 11.7. The van der Waals surface area contributed by atoms with Crippen LogP contribution in [-0.2, 0) is 25.6 Å². The van der Waals surface area contributed by atoms with Crippen molar-refractivity contribution in [1.29, 1.82) is 0 Å². The van der Waals surface area contributed by atoms with Crippen LogP contribution in [0.15, 0.2) is 24.3 Å². The van der Waals surface area contributed by atoms with Gasteiger partial charge in [-0.15, -0.1) is 0 Å². The van der Waals surface area contributed by atoms with Gasteiger partial charge in [0.25, 0.3) is 0 Å². The Morgan fingerprint density at radius 3 is 2.52 bits per heavy atom. The Kier molecular flexibility index (Phi) is 9.78. The van der Waals surface area contributed by atoms with Gasteiger partial charge in [0, 0.05) is 32.5 Å². The van der Waals surface area contributed by atoms with Gasteiger partial charge in [-0.1, -0.05) is 19.1 Å². The number of methoxy groups -OCH3 is 1. The minimum Gasteiger partial charge on any atom is -0.497 e. The summed E-state index contributed by atoms with van der Waals surface area (Å²) in [6.07, 6.45) is 6.79. The number of hydrogen-bond acceptors (Lipinski definition) is 6. The van der Waals surface area contributed by atoms with Crippen molar-refractivity contribution in [3.63, 3.8) is 0 Å². The zero-order valence-corrected chi connectivity index (χ0v) is 19.0. The molecule has 3 rings (SSSR count). The normalized spacial score (nSPS) is 27.8. The summed E-state index contributed by atoms with van der Waals surface area (Å²) in [5.74, 6) is 1.37. The molecular formula is C25H38O6. The van der Waals surface area contributed by atoms with E-state index in [4.69, 9.17) is 18.9 Å². The molecule has 0 saturated carbocycles. The van der Waals surface area contributed by atoms with Gasteiger partial charge in [-0.05, 0) is 55.7 Å². The van der Waals surface area contributed by atoms with Crippen molar-refractivity contribution in [2.45, 2.75) is 89.3 Å². The third-order valence-electron chi connectivity index (χ3n) is 6.25. The summed E-state index contributed by atoms with van der Waals surface area (Å²) in [4.78, 5) is 12.3. The standard InChI is InChI=1S/C25H38O6/c1-18(16-26)12-22-4-3-5-23(30-22)15-25-14-20(27)13-24(31-25)10-11-29-17-19-6-8-21(28-2)9-7-19/h6-9,18,22-26H,3-5,10-17H2,1-2H3/t18-,22-,23+,24-,25-/m1/s1. The maximum absolute atomic E-state index is 12.3. The number of ether oxygens (including phenoxy) is 4. The number of hydrogen-bond donors (Lipinski definition) is 1. The molecule has 174 valence electrons. The molecule has 6 nitrogen and oxygen atoms in total. The van der Waals surface area contributed by atoms with Gasteiger partial charge in [-0.2, -0.15) is 0 Å². The Hall–Kier alpha value is -1.47. The second-order valence-electron chi connectivity index (χ2n) is 9.09. The third kappa shape index (κ3) is 8.19. The van der Waals surface area contributed by atoms with E-state index in [0.29, 0.717) is 26.1 Å². The Bertz CT molecular complexity index is 660. The Morgan fingerprint density at radius 1 is 1.06 bits per heavy atom. The summed E-state index contributed by atoms with van der Waals surface area (Å²) in [7, 11) is 1.65. The molecule has 0 bridgehead atoms. The minimum atomic E-state index is -0.0732. The van der Waals surface area contributed by atoms with Crippen molar-refractivity contribution in [3.05, 3.63) is 29.8 Å². The number of aliphatic hydroxyl groups excluding tert-OH is 1. The molecule has 2 fully saturated rings. The van der Waals surface area contributed by atoms with Crippen LogP contribution in [0.4, 0.5) is 0 Å². The average Bonchev–Trinajstić information content (AvgIpc) is 2.77. The molecule has 1 aromatic carbocycles. The predicted molar refractivity (Wildman–Crippen MR) is 118 cm³/mol. The lowest BCUT2D eigenvalue weighted by Crippen LogP contribution is -2.38. The first-order chi connectivity index (χ1) is 15.1. The second-order valence-corrected chi connectivity index (χ2v) is 9.09. The van der Waals surface area contributed by atoms with E-state index in [0.717, 1.165) is 49.8 Å². The van der Waals surface area contributed by atoms with E-state index in [2.05, 4.69) is 6.92 Å². The minimum absolute atomic E-state index is 0.0631. The van der Waals surface area contributed by atoms with Crippen LogP contribution in [0.2, 0.25) is 0 Å². The van der Waals surface area contributed by atoms with E-state index >= 15 is 0 Å². The van der Waals surface area contributed by atoms with Gasteiger partial charge in [0.05, 0.1) is 38.1 Å². The lowest BCUT2D eigenvalue weighted by atomic mass is 9.92. The summed E-state index contributed by atoms with van der Waals surface area (Å²) < 4.78 is 23.5. The van der Waals surface area contributed by atoms with E-state index in [-0.39, 0.29) is 42.7 Å². The molecule has 2 heterocycles. The molecule has 2 saturated heterocycles. The lowest BCUT2D eigenvalue weighted by molar-refractivity contribution is -0.144. The fraction of sp³-hybridized carbons (Fsp3) is 0.720.